The number of nitrogens with zero attached hydrogens (tertiary/aromatic N) is 1. The molecule has 0 heterocycles. The molecule has 1 rings (SSSR count). The second-order valence-electron chi connectivity index (χ2n) is 3.06. The Morgan fingerprint density at radius 2 is 2.36 bits per heavy atom. The third-order valence-corrected chi connectivity index (χ3v) is 3.15. The largest absolute Gasteiger partial charge is 0.312 e. The van der Waals surface area contributed by atoms with Crippen molar-refractivity contribution in [3.63, 3.8) is 0 Å². The van der Waals surface area contributed by atoms with Crippen LogP contribution in [-0.2, 0) is 0 Å². The van der Waals surface area contributed by atoms with Gasteiger partial charge in [0.25, 0.3) is 0 Å². The van der Waals surface area contributed by atoms with E-state index in [9.17, 15) is 0 Å². The van der Waals surface area contributed by atoms with Crippen molar-refractivity contribution in [2.75, 3.05) is 11.5 Å². The number of rotatable bonds is 4. The lowest BCUT2D eigenvalue weighted by atomic mass is 10.00. The van der Waals surface area contributed by atoms with Crippen molar-refractivity contribution in [2.45, 2.75) is 25.3 Å². The van der Waals surface area contributed by atoms with Crippen LogP contribution in [0.3, 0.4) is 0 Å². The minimum atomic E-state index is -0.527. The second kappa shape index (κ2) is 3.46. The molecule has 0 aromatic rings. The van der Waals surface area contributed by atoms with Gasteiger partial charge in [-0.2, -0.15) is 17.0 Å². The quantitative estimate of drug-likeness (QED) is 0.693. The molecule has 1 aliphatic carbocycles. The average molecular weight is 170 g/mol. The molecule has 1 atom stereocenters. The standard InChI is InChI=1S/C8H14N2S/c1-2-11-6-8(10,5-9)7-3-4-7/h7H,2-4,6,10H2,1H3. The Morgan fingerprint density at radius 3 is 2.73 bits per heavy atom. The van der Waals surface area contributed by atoms with Crippen LogP contribution in [0.1, 0.15) is 19.8 Å². The molecule has 0 saturated heterocycles. The third-order valence-electron chi connectivity index (χ3n) is 2.06. The van der Waals surface area contributed by atoms with Crippen LogP contribution in [-0.4, -0.2) is 17.0 Å². The molecule has 0 aromatic heterocycles. The summed E-state index contributed by atoms with van der Waals surface area (Å²) in [5.74, 6) is 2.32. The molecule has 3 heteroatoms. The molecular formula is C8H14N2S. The van der Waals surface area contributed by atoms with Crippen LogP contribution >= 0.6 is 11.8 Å². The zero-order valence-corrected chi connectivity index (χ0v) is 7.66. The fourth-order valence-electron chi connectivity index (χ4n) is 1.11. The Bertz CT molecular complexity index is 171. The van der Waals surface area contributed by atoms with Gasteiger partial charge in [-0.15, -0.1) is 0 Å². The Labute approximate surface area is 72.1 Å². The first-order valence-electron chi connectivity index (χ1n) is 4.01. The molecule has 0 spiro atoms. The maximum Gasteiger partial charge on any atom is 0.116 e. The maximum absolute atomic E-state index is 8.83. The Morgan fingerprint density at radius 1 is 1.73 bits per heavy atom. The van der Waals surface area contributed by atoms with E-state index in [1.807, 2.05) is 0 Å². The first-order valence-corrected chi connectivity index (χ1v) is 5.16. The SMILES string of the molecule is CCSCC(N)(C#N)C1CC1. The molecule has 1 aliphatic rings. The third kappa shape index (κ3) is 2.11. The normalized spacial score (nSPS) is 22.3. The lowest BCUT2D eigenvalue weighted by Gasteiger charge is -2.19. The van der Waals surface area contributed by atoms with Gasteiger partial charge in [0.05, 0.1) is 6.07 Å². The molecule has 2 N–H and O–H groups in total. The zero-order chi connectivity index (χ0) is 8.32. The van der Waals surface area contributed by atoms with E-state index in [0.29, 0.717) is 5.92 Å². The summed E-state index contributed by atoms with van der Waals surface area (Å²) < 4.78 is 0. The first kappa shape index (κ1) is 8.89. The van der Waals surface area contributed by atoms with Crippen LogP contribution in [0.25, 0.3) is 0 Å². The van der Waals surface area contributed by atoms with Gasteiger partial charge in [0.1, 0.15) is 5.54 Å². The highest BCUT2D eigenvalue weighted by molar-refractivity contribution is 7.99. The molecule has 0 bridgehead atoms. The van der Waals surface area contributed by atoms with E-state index in [2.05, 4.69) is 13.0 Å². The van der Waals surface area contributed by atoms with Gasteiger partial charge >= 0.3 is 0 Å². The number of nitrogens with two attached hydrogens (primary N) is 1. The number of hydrogen-bond acceptors (Lipinski definition) is 3. The highest BCUT2D eigenvalue weighted by Gasteiger charge is 2.42. The van der Waals surface area contributed by atoms with Crippen LogP contribution in [0.5, 0.6) is 0 Å². The molecule has 0 amide bonds. The molecule has 1 fully saturated rings. The summed E-state index contributed by atoms with van der Waals surface area (Å²) in [5, 5.41) is 8.83. The van der Waals surface area contributed by atoms with Gasteiger partial charge in [-0.1, -0.05) is 6.92 Å². The predicted octanol–water partition coefficient (Wildman–Crippen LogP) is 1.37. The fraction of sp³-hybridized carbons (Fsp3) is 0.875. The van der Waals surface area contributed by atoms with Crippen molar-refractivity contribution in [1.82, 2.24) is 0 Å². The van der Waals surface area contributed by atoms with E-state index in [0.717, 1.165) is 24.3 Å². The summed E-state index contributed by atoms with van der Waals surface area (Å²) >= 11 is 1.76. The molecule has 0 radical (unpaired) electrons. The van der Waals surface area contributed by atoms with Crippen molar-refractivity contribution < 1.29 is 0 Å². The van der Waals surface area contributed by atoms with E-state index in [1.165, 1.54) is 0 Å². The highest BCUT2D eigenvalue weighted by atomic mass is 32.2. The first-order chi connectivity index (χ1) is 5.23. The number of nitriles is 1. The summed E-state index contributed by atoms with van der Waals surface area (Å²) in [5.41, 5.74) is 5.38. The van der Waals surface area contributed by atoms with Gasteiger partial charge in [-0.25, -0.2) is 0 Å². The van der Waals surface area contributed by atoms with Gasteiger partial charge in [0.2, 0.25) is 0 Å². The molecule has 11 heavy (non-hydrogen) atoms. The Balaban J connectivity index is 2.40. The predicted molar refractivity (Wildman–Crippen MR) is 48.3 cm³/mol. The van der Waals surface area contributed by atoms with E-state index in [-0.39, 0.29) is 0 Å². The van der Waals surface area contributed by atoms with E-state index in [1.54, 1.807) is 11.8 Å². The topological polar surface area (TPSA) is 49.8 Å². The zero-order valence-electron chi connectivity index (χ0n) is 6.84. The van der Waals surface area contributed by atoms with Crippen LogP contribution < -0.4 is 5.73 Å². The van der Waals surface area contributed by atoms with Crippen LogP contribution in [0, 0.1) is 17.2 Å². The van der Waals surface area contributed by atoms with Crippen LogP contribution in [0.2, 0.25) is 0 Å². The maximum atomic E-state index is 8.83. The van der Waals surface area contributed by atoms with Gasteiger partial charge in [0.15, 0.2) is 0 Å². The summed E-state index contributed by atoms with van der Waals surface area (Å²) in [4.78, 5) is 0. The van der Waals surface area contributed by atoms with E-state index < -0.39 is 5.54 Å². The second-order valence-corrected chi connectivity index (χ2v) is 4.34. The van der Waals surface area contributed by atoms with Gasteiger partial charge in [-0.05, 0) is 24.5 Å². The van der Waals surface area contributed by atoms with Gasteiger partial charge < -0.3 is 5.73 Å². The van der Waals surface area contributed by atoms with Crippen molar-refractivity contribution >= 4 is 11.8 Å². The number of hydrogen-bond donors (Lipinski definition) is 1. The molecule has 0 aliphatic heterocycles. The highest BCUT2D eigenvalue weighted by Crippen LogP contribution is 2.39. The van der Waals surface area contributed by atoms with Gasteiger partial charge in [-0.3, -0.25) is 0 Å². The molecular weight excluding hydrogens is 156 g/mol. The summed E-state index contributed by atoms with van der Waals surface area (Å²) in [7, 11) is 0. The molecule has 2 nitrogen and oxygen atoms in total. The Kier molecular flexibility index (Phi) is 2.80. The molecule has 1 saturated carbocycles. The molecule has 1 unspecified atom stereocenters. The van der Waals surface area contributed by atoms with Crippen molar-refractivity contribution in [2.24, 2.45) is 11.7 Å². The van der Waals surface area contributed by atoms with Gasteiger partial charge in [0, 0.05) is 5.75 Å². The summed E-state index contributed by atoms with van der Waals surface area (Å²) in [6.45, 7) is 2.09. The average Bonchev–Trinajstić information content (AvgIpc) is 2.82. The summed E-state index contributed by atoms with van der Waals surface area (Å²) in [6, 6.07) is 2.23. The smallest absolute Gasteiger partial charge is 0.116 e. The molecule has 0 aromatic carbocycles. The lowest BCUT2D eigenvalue weighted by molar-refractivity contribution is 0.532. The van der Waals surface area contributed by atoms with Crippen LogP contribution in [0.15, 0.2) is 0 Å². The number of thioether (sulfide) groups is 1. The minimum absolute atomic E-state index is 0.478. The van der Waals surface area contributed by atoms with Crippen molar-refractivity contribution in [3.05, 3.63) is 0 Å². The van der Waals surface area contributed by atoms with Crippen molar-refractivity contribution in [1.29, 1.82) is 5.26 Å². The Hall–Kier alpha value is -0.200. The monoisotopic (exact) mass is 170 g/mol. The van der Waals surface area contributed by atoms with Crippen LogP contribution in [0.4, 0.5) is 0 Å². The van der Waals surface area contributed by atoms with Crippen molar-refractivity contribution in [3.8, 4) is 6.07 Å². The fourth-order valence-corrected chi connectivity index (χ4v) is 1.95. The minimum Gasteiger partial charge on any atom is -0.312 e. The van der Waals surface area contributed by atoms with E-state index >= 15 is 0 Å². The lowest BCUT2D eigenvalue weighted by Crippen LogP contribution is -2.43. The summed E-state index contributed by atoms with van der Waals surface area (Å²) in [6.07, 6.45) is 2.29. The van der Waals surface area contributed by atoms with E-state index in [4.69, 9.17) is 11.0 Å². The molecule has 62 valence electrons.